The van der Waals surface area contributed by atoms with Crippen LogP contribution in [-0.2, 0) is 9.59 Å². The molecule has 1 aliphatic carbocycles. The molecule has 2 amide bonds. The first kappa shape index (κ1) is 19.1. The van der Waals surface area contributed by atoms with E-state index in [4.69, 9.17) is 0 Å². The van der Waals surface area contributed by atoms with E-state index in [1.165, 1.54) is 31.4 Å². The first-order chi connectivity index (χ1) is 12.0. The highest BCUT2D eigenvalue weighted by Crippen LogP contribution is 2.20. The Balaban J connectivity index is 1.80. The van der Waals surface area contributed by atoms with Crippen LogP contribution in [-0.4, -0.2) is 29.8 Å². The molecule has 0 aliphatic heterocycles. The summed E-state index contributed by atoms with van der Waals surface area (Å²) in [5.74, 6) is -2.38. The number of rotatable bonds is 7. The van der Waals surface area contributed by atoms with Gasteiger partial charge in [-0.15, -0.1) is 0 Å². The summed E-state index contributed by atoms with van der Waals surface area (Å²) >= 11 is 0. The molecule has 4 nitrogen and oxygen atoms in total. The third-order valence-electron chi connectivity index (χ3n) is 4.35. The summed E-state index contributed by atoms with van der Waals surface area (Å²) in [6.07, 6.45) is 7.81. The van der Waals surface area contributed by atoms with E-state index in [9.17, 15) is 18.4 Å². The molecule has 0 spiro atoms. The fraction of sp³-hybridized carbons (Fsp3) is 0.474. The lowest BCUT2D eigenvalue weighted by Crippen LogP contribution is -2.33. The number of benzene rings is 1. The molecule has 1 N–H and O–H groups in total. The zero-order valence-corrected chi connectivity index (χ0v) is 14.5. The lowest BCUT2D eigenvalue weighted by molar-refractivity contribution is -0.129. The molecule has 2 rings (SSSR count). The van der Waals surface area contributed by atoms with Crippen molar-refractivity contribution in [2.24, 2.45) is 0 Å². The molecule has 1 aliphatic rings. The van der Waals surface area contributed by atoms with Gasteiger partial charge in [-0.2, -0.15) is 0 Å². The van der Waals surface area contributed by atoms with Gasteiger partial charge in [0.2, 0.25) is 11.8 Å². The fourth-order valence-electron chi connectivity index (χ4n) is 2.87. The minimum atomic E-state index is -1.01. The average molecular weight is 350 g/mol. The van der Waals surface area contributed by atoms with Crippen LogP contribution in [0.5, 0.6) is 0 Å². The van der Waals surface area contributed by atoms with Crippen molar-refractivity contribution in [1.82, 2.24) is 4.90 Å². The Morgan fingerprint density at radius 3 is 2.60 bits per heavy atom. The normalized spacial score (nSPS) is 14.0. The molecule has 0 radical (unpaired) electrons. The molecule has 25 heavy (non-hydrogen) atoms. The topological polar surface area (TPSA) is 49.4 Å². The van der Waals surface area contributed by atoms with Gasteiger partial charge in [0.05, 0.1) is 0 Å². The van der Waals surface area contributed by atoms with Crippen LogP contribution in [0, 0.1) is 11.6 Å². The van der Waals surface area contributed by atoms with Gasteiger partial charge < -0.3 is 10.2 Å². The average Bonchev–Trinajstić information content (AvgIpc) is 2.58. The number of carbonyl (C=O) groups is 2. The first-order valence-electron chi connectivity index (χ1n) is 8.64. The van der Waals surface area contributed by atoms with Crippen LogP contribution in [0.25, 0.3) is 0 Å². The minimum absolute atomic E-state index is 0.0722. The van der Waals surface area contributed by atoms with E-state index < -0.39 is 11.6 Å². The van der Waals surface area contributed by atoms with Gasteiger partial charge in [0.15, 0.2) is 11.6 Å². The maximum atomic E-state index is 13.1. The van der Waals surface area contributed by atoms with Crippen molar-refractivity contribution in [3.63, 3.8) is 0 Å². The Hall–Kier alpha value is -2.24. The quantitative estimate of drug-likeness (QED) is 0.755. The molecular weight excluding hydrogens is 326 g/mol. The van der Waals surface area contributed by atoms with Gasteiger partial charge in [0, 0.05) is 38.2 Å². The van der Waals surface area contributed by atoms with Crippen LogP contribution in [0.1, 0.15) is 45.4 Å². The van der Waals surface area contributed by atoms with Crippen LogP contribution < -0.4 is 5.32 Å². The van der Waals surface area contributed by atoms with Gasteiger partial charge in [-0.05, 0) is 44.2 Å². The smallest absolute Gasteiger partial charge is 0.226 e. The zero-order valence-electron chi connectivity index (χ0n) is 14.5. The molecule has 0 aromatic heterocycles. The number of anilines is 1. The Morgan fingerprint density at radius 2 is 1.96 bits per heavy atom. The molecule has 1 aromatic rings. The largest absolute Gasteiger partial charge is 0.342 e. The SMILES string of the molecule is CC(=O)N(CCC(=O)Nc1ccc(F)c(F)c1)CCC1=CCCCC1. The van der Waals surface area contributed by atoms with Crippen molar-refractivity contribution >= 4 is 17.5 Å². The molecule has 0 fully saturated rings. The first-order valence-corrected chi connectivity index (χ1v) is 8.64. The van der Waals surface area contributed by atoms with Gasteiger partial charge >= 0.3 is 0 Å². The van der Waals surface area contributed by atoms with Crippen LogP contribution >= 0.6 is 0 Å². The lowest BCUT2D eigenvalue weighted by Gasteiger charge is -2.22. The summed E-state index contributed by atoms with van der Waals surface area (Å²) in [6, 6.07) is 3.20. The highest BCUT2D eigenvalue weighted by atomic mass is 19.2. The molecule has 1 aromatic carbocycles. The van der Waals surface area contributed by atoms with Crippen molar-refractivity contribution in [2.75, 3.05) is 18.4 Å². The second-order valence-corrected chi connectivity index (χ2v) is 6.29. The molecule has 0 heterocycles. The van der Waals surface area contributed by atoms with Crippen LogP contribution in [0.3, 0.4) is 0 Å². The van der Waals surface area contributed by atoms with Gasteiger partial charge in [-0.3, -0.25) is 9.59 Å². The zero-order chi connectivity index (χ0) is 18.2. The van der Waals surface area contributed by atoms with E-state index in [1.807, 2.05) is 0 Å². The maximum Gasteiger partial charge on any atom is 0.226 e. The number of allylic oxidation sites excluding steroid dienone is 1. The fourth-order valence-corrected chi connectivity index (χ4v) is 2.87. The van der Waals surface area contributed by atoms with Crippen molar-refractivity contribution in [2.45, 2.75) is 45.4 Å². The predicted octanol–water partition coefficient (Wildman–Crippen LogP) is 4.03. The van der Waals surface area contributed by atoms with E-state index in [1.54, 1.807) is 4.90 Å². The summed E-state index contributed by atoms with van der Waals surface area (Å²) in [6.45, 7) is 2.39. The Morgan fingerprint density at radius 1 is 1.16 bits per heavy atom. The second kappa shape index (κ2) is 9.30. The third-order valence-corrected chi connectivity index (χ3v) is 4.35. The molecule has 136 valence electrons. The van der Waals surface area contributed by atoms with Gasteiger partial charge in [0.1, 0.15) is 0 Å². The predicted molar refractivity (Wildman–Crippen MR) is 93.0 cm³/mol. The summed E-state index contributed by atoms with van der Waals surface area (Å²) in [5, 5.41) is 2.51. The van der Waals surface area contributed by atoms with Gasteiger partial charge in [-0.25, -0.2) is 8.78 Å². The molecular formula is C19H24F2N2O2. The number of nitrogens with zero attached hydrogens (tertiary/aromatic N) is 1. The van der Waals surface area contributed by atoms with Gasteiger partial charge in [0.25, 0.3) is 0 Å². The number of halogens is 2. The molecule has 0 atom stereocenters. The summed E-state index contributed by atoms with van der Waals surface area (Å²) in [7, 11) is 0. The van der Waals surface area contributed by atoms with E-state index in [2.05, 4.69) is 11.4 Å². The minimum Gasteiger partial charge on any atom is -0.342 e. The van der Waals surface area contributed by atoms with Crippen molar-refractivity contribution < 1.29 is 18.4 Å². The molecule has 6 heteroatoms. The highest BCUT2D eigenvalue weighted by Gasteiger charge is 2.13. The van der Waals surface area contributed by atoms with Crippen molar-refractivity contribution in [3.05, 3.63) is 41.5 Å². The van der Waals surface area contributed by atoms with Gasteiger partial charge in [-0.1, -0.05) is 11.6 Å². The van der Waals surface area contributed by atoms with E-state index in [0.717, 1.165) is 31.4 Å². The van der Waals surface area contributed by atoms with Crippen molar-refractivity contribution in [3.8, 4) is 0 Å². The summed E-state index contributed by atoms with van der Waals surface area (Å²) in [4.78, 5) is 25.4. The number of hydrogen-bond acceptors (Lipinski definition) is 2. The monoisotopic (exact) mass is 350 g/mol. The van der Waals surface area contributed by atoms with E-state index in [-0.39, 0.29) is 23.9 Å². The Labute approximate surface area is 146 Å². The third kappa shape index (κ3) is 6.29. The molecule has 0 unspecified atom stereocenters. The number of hydrogen-bond donors (Lipinski definition) is 1. The summed E-state index contributed by atoms with van der Waals surface area (Å²) in [5.41, 5.74) is 1.58. The number of carbonyl (C=O) groups excluding carboxylic acids is 2. The van der Waals surface area contributed by atoms with E-state index >= 15 is 0 Å². The highest BCUT2D eigenvalue weighted by molar-refractivity contribution is 5.91. The standard InChI is InChI=1S/C19H24F2N2O2/c1-14(24)23(11-9-15-5-3-2-4-6-15)12-10-19(25)22-16-7-8-17(20)18(21)13-16/h5,7-8,13H,2-4,6,9-12H2,1H3,(H,22,25). The second-order valence-electron chi connectivity index (χ2n) is 6.29. The number of amides is 2. The summed E-state index contributed by atoms with van der Waals surface area (Å²) < 4.78 is 26.0. The molecule has 0 saturated heterocycles. The lowest BCUT2D eigenvalue weighted by atomic mass is 9.97. The Bertz CT molecular complexity index is 659. The van der Waals surface area contributed by atoms with Crippen LogP contribution in [0.4, 0.5) is 14.5 Å². The maximum absolute atomic E-state index is 13.1. The molecule has 0 bridgehead atoms. The van der Waals surface area contributed by atoms with Crippen LogP contribution in [0.15, 0.2) is 29.8 Å². The number of nitrogens with one attached hydrogen (secondary N) is 1. The van der Waals surface area contributed by atoms with Crippen molar-refractivity contribution in [1.29, 1.82) is 0 Å². The Kier molecular flexibility index (Phi) is 7.10. The molecule has 0 saturated carbocycles. The van der Waals surface area contributed by atoms with E-state index in [0.29, 0.717) is 13.1 Å². The van der Waals surface area contributed by atoms with Crippen LogP contribution in [0.2, 0.25) is 0 Å².